The summed E-state index contributed by atoms with van der Waals surface area (Å²) in [6.07, 6.45) is -3.45. The summed E-state index contributed by atoms with van der Waals surface area (Å²) in [6.45, 7) is 10.4. The molecule has 35 heavy (non-hydrogen) atoms. The largest absolute Gasteiger partial charge is 0.573 e. The Morgan fingerprint density at radius 1 is 1.00 bits per heavy atom. The van der Waals surface area contributed by atoms with Crippen LogP contribution in [-0.2, 0) is 19.1 Å². The van der Waals surface area contributed by atoms with Crippen LogP contribution < -0.4 is 4.74 Å². The van der Waals surface area contributed by atoms with Gasteiger partial charge in [0.15, 0.2) is 0 Å². The zero-order chi connectivity index (χ0) is 26.0. The minimum Gasteiger partial charge on any atom is -0.406 e. The number of hydrogen-bond acceptors (Lipinski definition) is 6. The van der Waals surface area contributed by atoms with Gasteiger partial charge in [0.25, 0.3) is 10.1 Å². The number of alkyl halides is 3. The first-order valence-corrected chi connectivity index (χ1v) is 13.5. The third kappa shape index (κ3) is 7.33. The van der Waals surface area contributed by atoms with Crippen LogP contribution in [-0.4, -0.2) is 68.8 Å². The van der Waals surface area contributed by atoms with Crippen LogP contribution in [0.5, 0.6) is 5.75 Å². The highest BCUT2D eigenvalue weighted by atomic mass is 32.2. The van der Waals surface area contributed by atoms with Gasteiger partial charge in [-0.15, -0.1) is 13.2 Å². The van der Waals surface area contributed by atoms with E-state index in [1.165, 1.54) is 0 Å². The number of carbonyl (C=O) groups is 1. The number of carbonyl (C=O) groups excluding carboxylic acids is 1. The molecule has 0 bridgehead atoms. The average molecular weight is 521 g/mol. The van der Waals surface area contributed by atoms with E-state index in [2.05, 4.69) is 23.5 Å². The van der Waals surface area contributed by atoms with Crippen molar-refractivity contribution in [2.75, 3.05) is 26.2 Å². The van der Waals surface area contributed by atoms with Gasteiger partial charge in [0.2, 0.25) is 5.91 Å². The lowest BCUT2D eigenvalue weighted by molar-refractivity contribution is -0.274. The van der Waals surface area contributed by atoms with Crippen LogP contribution in [0.25, 0.3) is 0 Å². The van der Waals surface area contributed by atoms with Crippen molar-refractivity contribution in [3.63, 3.8) is 0 Å². The smallest absolute Gasteiger partial charge is 0.406 e. The molecule has 1 saturated carbocycles. The summed E-state index contributed by atoms with van der Waals surface area (Å²) in [5.41, 5.74) is 0.240. The second-order valence-electron chi connectivity index (χ2n) is 9.85. The highest BCUT2D eigenvalue weighted by Gasteiger charge is 2.36. The maximum absolute atomic E-state index is 13.1. The van der Waals surface area contributed by atoms with E-state index in [-0.39, 0.29) is 28.2 Å². The van der Waals surface area contributed by atoms with Crippen molar-refractivity contribution in [2.24, 2.45) is 5.92 Å². The SMILES string of the molecule is CC(C)OS(=O)(=O)c1ccc(OC(F)(F)F)cc1C1CCC(C(=O)N2CCN(C(C)C)CC2)CC1. The third-order valence-electron chi connectivity index (χ3n) is 6.68. The Morgan fingerprint density at radius 3 is 2.11 bits per heavy atom. The van der Waals surface area contributed by atoms with Gasteiger partial charge in [0.1, 0.15) is 5.75 Å². The summed E-state index contributed by atoms with van der Waals surface area (Å²) >= 11 is 0. The number of benzene rings is 1. The fourth-order valence-electron chi connectivity index (χ4n) is 4.94. The highest BCUT2D eigenvalue weighted by molar-refractivity contribution is 7.86. The Labute approximate surface area is 205 Å². The first-order chi connectivity index (χ1) is 16.3. The monoisotopic (exact) mass is 520 g/mol. The molecule has 0 atom stereocenters. The summed E-state index contributed by atoms with van der Waals surface area (Å²) in [7, 11) is -4.18. The zero-order valence-electron chi connectivity index (χ0n) is 20.7. The van der Waals surface area contributed by atoms with Crippen molar-refractivity contribution in [2.45, 2.75) is 82.7 Å². The lowest BCUT2D eigenvalue weighted by Gasteiger charge is -2.39. The predicted molar refractivity (Wildman–Crippen MR) is 125 cm³/mol. The molecule has 1 aliphatic carbocycles. The molecule has 0 aromatic heterocycles. The molecular weight excluding hydrogens is 485 g/mol. The fraction of sp³-hybridized carbons (Fsp3) is 0.708. The maximum atomic E-state index is 13.1. The maximum Gasteiger partial charge on any atom is 0.573 e. The number of halogens is 3. The van der Waals surface area contributed by atoms with Gasteiger partial charge >= 0.3 is 6.36 Å². The third-order valence-corrected chi connectivity index (χ3v) is 8.22. The molecular formula is C24H35F3N2O5S. The number of piperazine rings is 1. The van der Waals surface area contributed by atoms with Gasteiger partial charge in [-0.3, -0.25) is 13.9 Å². The standard InChI is InChI=1S/C24H35F3N2O5S/c1-16(2)28-11-13-29(14-12-28)23(30)19-7-5-18(6-8-19)21-15-20(33-24(25,26)27)9-10-22(21)35(31,32)34-17(3)4/h9-10,15-19H,5-8,11-14H2,1-4H3. The number of nitrogens with zero attached hydrogens (tertiary/aromatic N) is 2. The van der Waals surface area contributed by atoms with Crippen LogP contribution >= 0.6 is 0 Å². The molecule has 0 N–H and O–H groups in total. The molecule has 11 heteroatoms. The molecule has 1 saturated heterocycles. The molecule has 0 radical (unpaired) electrons. The van der Waals surface area contributed by atoms with Crippen LogP contribution in [0.1, 0.15) is 64.9 Å². The van der Waals surface area contributed by atoms with Crippen LogP contribution in [0.4, 0.5) is 13.2 Å². The number of rotatable bonds is 7. The second-order valence-corrected chi connectivity index (χ2v) is 11.4. The molecule has 0 spiro atoms. The molecule has 1 amide bonds. The van der Waals surface area contributed by atoms with E-state index in [0.29, 0.717) is 44.8 Å². The van der Waals surface area contributed by atoms with E-state index >= 15 is 0 Å². The molecule has 1 aromatic carbocycles. The lowest BCUT2D eigenvalue weighted by atomic mass is 9.78. The van der Waals surface area contributed by atoms with Gasteiger partial charge in [0, 0.05) is 38.1 Å². The fourth-order valence-corrected chi connectivity index (χ4v) is 6.30. The quantitative estimate of drug-likeness (QED) is 0.492. The van der Waals surface area contributed by atoms with Gasteiger partial charge in [-0.1, -0.05) is 0 Å². The van der Waals surface area contributed by atoms with E-state index in [1.54, 1.807) is 13.8 Å². The molecule has 2 fully saturated rings. The Balaban J connectivity index is 1.75. The van der Waals surface area contributed by atoms with Crippen LogP contribution in [0, 0.1) is 5.92 Å². The summed E-state index contributed by atoms with van der Waals surface area (Å²) in [5, 5.41) is 0. The van der Waals surface area contributed by atoms with Crippen LogP contribution in [0.3, 0.4) is 0 Å². The van der Waals surface area contributed by atoms with Crippen LogP contribution in [0.15, 0.2) is 23.1 Å². The first-order valence-electron chi connectivity index (χ1n) is 12.1. The summed E-state index contributed by atoms with van der Waals surface area (Å²) in [4.78, 5) is 17.2. The Kier molecular flexibility index (Phi) is 8.75. The van der Waals surface area contributed by atoms with E-state index in [1.807, 2.05) is 4.90 Å². The van der Waals surface area contributed by atoms with Crippen LogP contribution in [0.2, 0.25) is 0 Å². The summed E-state index contributed by atoms with van der Waals surface area (Å²) < 4.78 is 73.2. The number of ether oxygens (including phenoxy) is 1. The van der Waals surface area contributed by atoms with Crippen molar-refractivity contribution in [3.05, 3.63) is 23.8 Å². The van der Waals surface area contributed by atoms with Crippen molar-refractivity contribution in [1.82, 2.24) is 9.80 Å². The summed E-state index contributed by atoms with van der Waals surface area (Å²) in [6, 6.07) is 3.67. The lowest BCUT2D eigenvalue weighted by Crippen LogP contribution is -2.52. The minimum absolute atomic E-state index is 0.108. The molecule has 0 unspecified atom stereocenters. The van der Waals surface area contributed by atoms with Gasteiger partial charge in [-0.05, 0) is 83.1 Å². The first kappa shape index (κ1) is 27.7. The van der Waals surface area contributed by atoms with Gasteiger partial charge in [-0.25, -0.2) is 0 Å². The van der Waals surface area contributed by atoms with E-state index in [4.69, 9.17) is 4.18 Å². The van der Waals surface area contributed by atoms with Gasteiger partial charge in [0.05, 0.1) is 11.0 Å². The molecule has 2 aliphatic rings. The van der Waals surface area contributed by atoms with E-state index in [0.717, 1.165) is 31.3 Å². The Bertz CT molecular complexity index is 981. The zero-order valence-corrected chi connectivity index (χ0v) is 21.5. The summed E-state index contributed by atoms with van der Waals surface area (Å²) in [5.74, 6) is -0.859. The van der Waals surface area contributed by atoms with Crippen molar-refractivity contribution in [3.8, 4) is 5.75 Å². The van der Waals surface area contributed by atoms with Crippen molar-refractivity contribution >= 4 is 16.0 Å². The normalized spacial score (nSPS) is 22.6. The van der Waals surface area contributed by atoms with E-state index in [9.17, 15) is 26.4 Å². The highest BCUT2D eigenvalue weighted by Crippen LogP contribution is 2.41. The Hall–Kier alpha value is -1.85. The molecule has 1 aliphatic heterocycles. The van der Waals surface area contributed by atoms with Crippen molar-refractivity contribution in [1.29, 1.82) is 0 Å². The van der Waals surface area contributed by atoms with E-state index < -0.39 is 28.3 Å². The topological polar surface area (TPSA) is 76.2 Å². The van der Waals surface area contributed by atoms with Crippen molar-refractivity contribution < 1.29 is 35.3 Å². The van der Waals surface area contributed by atoms with Gasteiger partial charge in [-0.2, -0.15) is 8.42 Å². The number of hydrogen-bond donors (Lipinski definition) is 0. The number of amides is 1. The average Bonchev–Trinajstić information content (AvgIpc) is 2.76. The molecule has 1 heterocycles. The molecule has 7 nitrogen and oxygen atoms in total. The molecule has 3 rings (SSSR count). The molecule has 1 aromatic rings. The second kappa shape index (κ2) is 11.0. The van der Waals surface area contributed by atoms with Gasteiger partial charge < -0.3 is 9.64 Å². The minimum atomic E-state index is -4.89. The Morgan fingerprint density at radius 2 is 1.60 bits per heavy atom. The predicted octanol–water partition coefficient (Wildman–Crippen LogP) is 4.53. The molecule has 198 valence electrons.